The first-order valence-corrected chi connectivity index (χ1v) is 11.5. The van der Waals surface area contributed by atoms with Gasteiger partial charge in [-0.15, -0.1) is 0 Å². The molecule has 5 aromatic rings. The molecule has 1 N–H and O–H groups in total. The molecule has 3 heterocycles. The molecule has 0 aliphatic heterocycles. The minimum Gasteiger partial charge on any atom is -0.494 e. The van der Waals surface area contributed by atoms with E-state index in [-0.39, 0.29) is 23.9 Å². The minimum absolute atomic E-state index is 0.0225. The van der Waals surface area contributed by atoms with Crippen LogP contribution in [0.1, 0.15) is 11.1 Å². The number of nitrogens with one attached hydrogen (secondary N) is 1. The summed E-state index contributed by atoms with van der Waals surface area (Å²) in [4.78, 5) is 35.0. The second-order valence-electron chi connectivity index (χ2n) is 8.43. The Bertz CT molecular complexity index is 1780. The van der Waals surface area contributed by atoms with E-state index < -0.39 is 17.2 Å². The molecule has 0 bridgehead atoms. The zero-order valence-electron chi connectivity index (χ0n) is 20.1. The minimum atomic E-state index is -0.800. The molecule has 188 valence electrons. The molecule has 0 aliphatic carbocycles. The zero-order valence-corrected chi connectivity index (χ0v) is 20.8. The number of rotatable bonds is 6. The molecule has 0 spiro atoms. The van der Waals surface area contributed by atoms with Gasteiger partial charge in [0, 0.05) is 24.8 Å². The summed E-state index contributed by atoms with van der Waals surface area (Å²) in [6.07, 6.45) is 4.83. The van der Waals surface area contributed by atoms with Crippen LogP contribution in [-0.4, -0.2) is 36.0 Å². The highest BCUT2D eigenvalue weighted by atomic mass is 35.5. The van der Waals surface area contributed by atoms with Crippen molar-refractivity contribution in [1.29, 1.82) is 0 Å². The maximum atomic E-state index is 14.0. The molecule has 0 atom stereocenters. The number of fused-ring (bicyclic) bond motifs is 1. The van der Waals surface area contributed by atoms with Gasteiger partial charge < -0.3 is 10.1 Å². The van der Waals surface area contributed by atoms with Gasteiger partial charge in [-0.25, -0.2) is 18.5 Å². The standard InChI is InChI=1S/C25H21ClFN7O3/c1-14-6-17(11-28-10-14)34-24(35)30-23(29-21-8-16-13-32(2)31-20(16)9-18(21)26)33(25(34)36)12-15-4-5-19(27)22(7-15)37-3/h4-11,13H,12H2,1-3H3,(H,29,30,35). The zero-order chi connectivity index (χ0) is 26.3. The number of nitrogens with zero attached hydrogens (tertiary/aromatic N) is 6. The van der Waals surface area contributed by atoms with Gasteiger partial charge in [-0.2, -0.15) is 10.1 Å². The van der Waals surface area contributed by atoms with Gasteiger partial charge >= 0.3 is 11.4 Å². The van der Waals surface area contributed by atoms with Crippen LogP contribution in [0.5, 0.6) is 5.75 Å². The van der Waals surface area contributed by atoms with Crippen LogP contribution < -0.4 is 21.4 Å². The number of anilines is 2. The first kappa shape index (κ1) is 24.2. The Hall–Kier alpha value is -4.51. The maximum absolute atomic E-state index is 14.0. The van der Waals surface area contributed by atoms with Crippen LogP contribution in [-0.2, 0) is 13.6 Å². The van der Waals surface area contributed by atoms with E-state index in [0.29, 0.717) is 21.8 Å². The largest absolute Gasteiger partial charge is 0.494 e. The number of benzene rings is 2. The molecular weight excluding hydrogens is 501 g/mol. The Labute approximate surface area is 214 Å². The maximum Gasteiger partial charge on any atom is 0.359 e. The van der Waals surface area contributed by atoms with Crippen LogP contribution >= 0.6 is 11.6 Å². The normalized spacial score (nSPS) is 11.2. The van der Waals surface area contributed by atoms with E-state index in [2.05, 4.69) is 20.4 Å². The van der Waals surface area contributed by atoms with E-state index in [1.807, 2.05) is 6.20 Å². The summed E-state index contributed by atoms with van der Waals surface area (Å²) in [7, 11) is 3.14. The van der Waals surface area contributed by atoms with Gasteiger partial charge in [0.1, 0.15) is 0 Å². The van der Waals surface area contributed by atoms with Crippen molar-refractivity contribution in [3.63, 3.8) is 0 Å². The van der Waals surface area contributed by atoms with Crippen LogP contribution in [0.4, 0.5) is 16.0 Å². The number of aromatic nitrogens is 6. The molecule has 10 nitrogen and oxygen atoms in total. The summed E-state index contributed by atoms with van der Waals surface area (Å²) in [6, 6.07) is 9.32. The van der Waals surface area contributed by atoms with E-state index in [1.54, 1.807) is 43.0 Å². The Balaban J connectivity index is 1.68. The SMILES string of the molecule is COc1cc(Cn2c(Nc3cc4cn(C)nc4cc3Cl)nc(=O)n(-c3cncc(C)c3)c2=O)ccc1F. The number of methoxy groups -OCH3 is 1. The molecule has 0 aliphatic rings. The van der Waals surface area contributed by atoms with Gasteiger partial charge in [-0.05, 0) is 48.4 Å². The van der Waals surface area contributed by atoms with Gasteiger partial charge in [-0.1, -0.05) is 17.7 Å². The first-order chi connectivity index (χ1) is 17.7. The van der Waals surface area contributed by atoms with Crippen molar-refractivity contribution >= 4 is 34.1 Å². The number of aryl methyl sites for hydroxylation is 2. The Morgan fingerprint density at radius 2 is 1.95 bits per heavy atom. The fourth-order valence-electron chi connectivity index (χ4n) is 3.99. The molecule has 0 radical (unpaired) electrons. The Morgan fingerprint density at radius 3 is 2.70 bits per heavy atom. The summed E-state index contributed by atoms with van der Waals surface area (Å²) in [5.41, 5.74) is 1.22. The molecule has 12 heteroatoms. The molecule has 0 saturated heterocycles. The monoisotopic (exact) mass is 521 g/mol. The third-order valence-corrected chi connectivity index (χ3v) is 6.01. The number of hydrogen-bond acceptors (Lipinski definition) is 7. The highest BCUT2D eigenvalue weighted by molar-refractivity contribution is 6.34. The molecule has 5 rings (SSSR count). The lowest BCUT2D eigenvalue weighted by molar-refractivity contribution is 0.385. The van der Waals surface area contributed by atoms with Crippen molar-refractivity contribution in [2.24, 2.45) is 7.05 Å². The predicted molar refractivity (Wildman–Crippen MR) is 138 cm³/mol. The van der Waals surface area contributed by atoms with Crippen LogP contribution in [0.2, 0.25) is 5.02 Å². The molecule has 0 fully saturated rings. The number of ether oxygens (including phenoxy) is 1. The quantitative estimate of drug-likeness (QED) is 0.364. The van der Waals surface area contributed by atoms with Crippen LogP contribution in [0, 0.1) is 12.7 Å². The summed E-state index contributed by atoms with van der Waals surface area (Å²) in [6.45, 7) is 1.75. The van der Waals surface area contributed by atoms with E-state index in [0.717, 1.165) is 15.5 Å². The second kappa shape index (κ2) is 9.51. The molecule has 0 saturated carbocycles. The van der Waals surface area contributed by atoms with Gasteiger partial charge in [0.2, 0.25) is 5.95 Å². The Morgan fingerprint density at radius 1 is 1.14 bits per heavy atom. The van der Waals surface area contributed by atoms with Crippen LogP contribution in [0.3, 0.4) is 0 Å². The van der Waals surface area contributed by atoms with Crippen molar-refractivity contribution < 1.29 is 9.13 Å². The fraction of sp³-hybridized carbons (Fsp3) is 0.160. The summed E-state index contributed by atoms with van der Waals surface area (Å²) in [5.74, 6) is -0.558. The second-order valence-corrected chi connectivity index (χ2v) is 8.84. The van der Waals surface area contributed by atoms with E-state index in [4.69, 9.17) is 16.3 Å². The van der Waals surface area contributed by atoms with Crippen LogP contribution in [0.25, 0.3) is 16.6 Å². The van der Waals surface area contributed by atoms with Crippen molar-refractivity contribution in [2.75, 3.05) is 12.4 Å². The topological polar surface area (TPSA) is 109 Å². The van der Waals surface area contributed by atoms with Crippen molar-refractivity contribution in [3.8, 4) is 11.4 Å². The smallest absolute Gasteiger partial charge is 0.359 e. The summed E-state index contributed by atoms with van der Waals surface area (Å²) >= 11 is 6.48. The summed E-state index contributed by atoms with van der Waals surface area (Å²) < 4.78 is 22.9. The molecule has 2 aromatic carbocycles. The van der Waals surface area contributed by atoms with Gasteiger partial charge in [0.15, 0.2) is 11.6 Å². The average Bonchev–Trinajstić information content (AvgIpc) is 3.21. The lowest BCUT2D eigenvalue weighted by Crippen LogP contribution is -2.41. The predicted octanol–water partition coefficient (Wildman–Crippen LogP) is 3.58. The lowest BCUT2D eigenvalue weighted by Gasteiger charge is -2.17. The Kier molecular flexibility index (Phi) is 6.22. The van der Waals surface area contributed by atoms with Crippen molar-refractivity contribution in [1.82, 2.24) is 28.9 Å². The third kappa shape index (κ3) is 4.68. The number of pyridine rings is 1. The molecular formula is C25H21ClFN7O3. The van der Waals surface area contributed by atoms with Crippen molar-refractivity contribution in [3.05, 3.63) is 97.9 Å². The average molecular weight is 522 g/mol. The van der Waals surface area contributed by atoms with Crippen LogP contribution in [0.15, 0.2) is 64.6 Å². The third-order valence-electron chi connectivity index (χ3n) is 5.70. The summed E-state index contributed by atoms with van der Waals surface area (Å²) in [5, 5.41) is 8.47. The molecule has 37 heavy (non-hydrogen) atoms. The molecule has 0 unspecified atom stereocenters. The van der Waals surface area contributed by atoms with E-state index >= 15 is 0 Å². The molecule has 0 amide bonds. The number of hydrogen-bond donors (Lipinski definition) is 1. The highest BCUT2D eigenvalue weighted by Gasteiger charge is 2.18. The fourth-order valence-corrected chi connectivity index (χ4v) is 4.19. The molecule has 3 aromatic heterocycles. The highest BCUT2D eigenvalue weighted by Crippen LogP contribution is 2.29. The van der Waals surface area contributed by atoms with Gasteiger partial charge in [-0.3, -0.25) is 14.2 Å². The lowest BCUT2D eigenvalue weighted by atomic mass is 10.2. The number of halogens is 2. The van der Waals surface area contributed by atoms with E-state index in [1.165, 1.54) is 36.1 Å². The van der Waals surface area contributed by atoms with Crippen molar-refractivity contribution in [2.45, 2.75) is 13.5 Å². The van der Waals surface area contributed by atoms with E-state index in [9.17, 15) is 14.0 Å². The van der Waals surface area contributed by atoms with Gasteiger partial charge in [0.25, 0.3) is 0 Å². The van der Waals surface area contributed by atoms with Gasteiger partial charge in [0.05, 0.1) is 41.8 Å². The first-order valence-electron chi connectivity index (χ1n) is 11.1.